The number of hydrogen-bond donors (Lipinski definition) is 5. The molecule has 9 heteroatoms. The van der Waals surface area contributed by atoms with Gasteiger partial charge in [-0.15, -0.1) is 0 Å². The molecule has 0 aliphatic heterocycles. The first-order valence-electron chi connectivity index (χ1n) is 8.42. The maximum atomic E-state index is 11.5. The molecule has 0 saturated carbocycles. The number of carbonyl (C=O) groups is 2. The molecule has 0 aliphatic rings. The average molecular weight is 374 g/mol. The number of hydrogen-bond acceptors (Lipinski definition) is 8. The zero-order valence-electron chi connectivity index (χ0n) is 14.1. The predicted octanol–water partition coefficient (Wildman–Crippen LogP) is -1.02. The normalized spacial score (nSPS) is 15.6. The topological polar surface area (TPSA) is 145 Å². The summed E-state index contributed by atoms with van der Waals surface area (Å²) in [5, 5.41) is 46.2. The van der Waals surface area contributed by atoms with Gasteiger partial charge in [0.05, 0.1) is 6.61 Å². The molecule has 5 N–H and O–H groups in total. The van der Waals surface area contributed by atoms with Gasteiger partial charge in [0.2, 0.25) is 0 Å². The third kappa shape index (κ3) is 12.0. The molecule has 25 heavy (non-hydrogen) atoms. The van der Waals surface area contributed by atoms with E-state index in [1.165, 1.54) is 6.42 Å². The predicted molar refractivity (Wildman–Crippen MR) is 92.0 cm³/mol. The number of ether oxygens (including phenoxy) is 1. The Morgan fingerprint density at radius 3 is 1.92 bits per heavy atom. The molecule has 0 heterocycles. The van der Waals surface area contributed by atoms with Crippen molar-refractivity contribution in [2.75, 3.05) is 6.61 Å². The Morgan fingerprint density at radius 2 is 1.40 bits per heavy atom. The molecule has 0 radical (unpaired) electrons. The van der Waals surface area contributed by atoms with E-state index in [9.17, 15) is 24.9 Å². The summed E-state index contributed by atoms with van der Waals surface area (Å²) in [6.45, 7) is 1.26. The zero-order valence-corrected chi connectivity index (χ0v) is 14.1. The number of unbranched alkanes of at least 4 members (excludes halogenated alkanes) is 6. The molecule has 144 valence electrons. The van der Waals surface area contributed by atoms with E-state index in [2.05, 4.69) is 11.7 Å². The SMILES string of the molecule is CCCCCCCCCC(=O)OC(=O)[C@H](O)[C@@H](O)[C@H](O)[C@H](O)CO.[NaH]. The second kappa shape index (κ2) is 16.1. The Bertz CT molecular complexity index is 366. The molecular formula is C16H31NaO8. The van der Waals surface area contributed by atoms with Gasteiger partial charge in [-0.25, -0.2) is 4.79 Å². The van der Waals surface area contributed by atoms with Crippen molar-refractivity contribution in [2.24, 2.45) is 0 Å². The minimum atomic E-state index is -2.20. The van der Waals surface area contributed by atoms with E-state index >= 15 is 0 Å². The van der Waals surface area contributed by atoms with Crippen molar-refractivity contribution in [3.8, 4) is 0 Å². The first-order valence-corrected chi connectivity index (χ1v) is 8.42. The van der Waals surface area contributed by atoms with Crippen LogP contribution >= 0.6 is 0 Å². The summed E-state index contributed by atoms with van der Waals surface area (Å²) in [7, 11) is 0. The summed E-state index contributed by atoms with van der Waals surface area (Å²) < 4.78 is 4.40. The van der Waals surface area contributed by atoms with Crippen LogP contribution < -0.4 is 0 Å². The fourth-order valence-electron chi connectivity index (χ4n) is 2.11. The van der Waals surface area contributed by atoms with E-state index in [0.717, 1.165) is 32.1 Å². The van der Waals surface area contributed by atoms with Crippen LogP contribution in [0.5, 0.6) is 0 Å². The van der Waals surface area contributed by atoms with Gasteiger partial charge in [0.25, 0.3) is 0 Å². The fourth-order valence-corrected chi connectivity index (χ4v) is 2.11. The van der Waals surface area contributed by atoms with Crippen LogP contribution in [0.15, 0.2) is 0 Å². The first-order chi connectivity index (χ1) is 11.3. The summed E-state index contributed by atoms with van der Waals surface area (Å²) in [6.07, 6.45) is -0.948. The Balaban J connectivity index is 0. The van der Waals surface area contributed by atoms with Crippen molar-refractivity contribution in [1.82, 2.24) is 0 Å². The quantitative estimate of drug-likeness (QED) is 0.119. The van der Waals surface area contributed by atoms with Gasteiger partial charge in [-0.1, -0.05) is 45.4 Å². The first kappa shape index (κ1) is 27.2. The summed E-state index contributed by atoms with van der Waals surface area (Å²) >= 11 is 0. The summed E-state index contributed by atoms with van der Waals surface area (Å²) in [4.78, 5) is 23.0. The van der Waals surface area contributed by atoms with Crippen molar-refractivity contribution in [1.29, 1.82) is 0 Å². The van der Waals surface area contributed by atoms with E-state index in [-0.39, 0.29) is 36.0 Å². The van der Waals surface area contributed by atoms with E-state index < -0.39 is 43.0 Å². The Morgan fingerprint density at radius 1 is 0.880 bits per heavy atom. The van der Waals surface area contributed by atoms with Crippen LogP contribution in [0.25, 0.3) is 0 Å². The van der Waals surface area contributed by atoms with Gasteiger partial charge in [-0.3, -0.25) is 4.79 Å². The van der Waals surface area contributed by atoms with Gasteiger partial charge >= 0.3 is 41.5 Å². The van der Waals surface area contributed by atoms with Crippen LogP contribution in [0.2, 0.25) is 0 Å². The molecule has 0 spiro atoms. The Kier molecular flexibility index (Phi) is 17.5. The molecular weight excluding hydrogens is 343 g/mol. The van der Waals surface area contributed by atoms with Gasteiger partial charge < -0.3 is 30.3 Å². The van der Waals surface area contributed by atoms with Crippen LogP contribution in [-0.4, -0.2) is 98.1 Å². The molecule has 0 unspecified atom stereocenters. The molecule has 8 nitrogen and oxygen atoms in total. The van der Waals surface area contributed by atoms with Gasteiger partial charge in [-0.2, -0.15) is 0 Å². The van der Waals surface area contributed by atoms with Crippen molar-refractivity contribution < 1.29 is 39.9 Å². The second-order valence-corrected chi connectivity index (χ2v) is 5.84. The molecule has 0 fully saturated rings. The van der Waals surface area contributed by atoms with Crippen molar-refractivity contribution >= 4 is 41.5 Å². The molecule has 0 aliphatic carbocycles. The number of carbonyl (C=O) groups excluding carboxylic acids is 2. The average Bonchev–Trinajstić information content (AvgIpc) is 2.58. The van der Waals surface area contributed by atoms with Gasteiger partial charge in [0.1, 0.15) is 18.3 Å². The molecule has 0 amide bonds. The van der Waals surface area contributed by atoms with E-state index in [1.54, 1.807) is 0 Å². The van der Waals surface area contributed by atoms with Crippen molar-refractivity contribution in [2.45, 2.75) is 82.7 Å². The molecule has 0 rings (SSSR count). The third-order valence-electron chi connectivity index (χ3n) is 3.70. The van der Waals surface area contributed by atoms with E-state index in [4.69, 9.17) is 10.2 Å². The zero-order chi connectivity index (χ0) is 18.5. The molecule has 0 aromatic rings. The number of aliphatic hydroxyl groups excluding tert-OH is 5. The van der Waals surface area contributed by atoms with Gasteiger partial charge in [0, 0.05) is 6.42 Å². The standard InChI is InChI=1S/C16H30O8.Na.H/c1-2-3-4-5-6-7-8-9-12(19)24-16(23)15(22)14(21)13(20)11(18)10-17;;/h11,13-15,17-18,20-22H,2-10H2,1H3;;/t11-,13-,14+,15-;;/m1../s1. The molecule has 4 atom stereocenters. The number of aliphatic hydroxyl groups is 5. The van der Waals surface area contributed by atoms with Gasteiger partial charge in [-0.05, 0) is 6.42 Å². The van der Waals surface area contributed by atoms with Gasteiger partial charge in [0.15, 0.2) is 6.10 Å². The van der Waals surface area contributed by atoms with Crippen LogP contribution in [0.1, 0.15) is 58.3 Å². The van der Waals surface area contributed by atoms with Crippen LogP contribution in [0.4, 0.5) is 0 Å². The summed E-state index contributed by atoms with van der Waals surface area (Å²) in [5.41, 5.74) is 0. The van der Waals surface area contributed by atoms with Crippen molar-refractivity contribution in [3.63, 3.8) is 0 Å². The summed E-state index contributed by atoms with van der Waals surface area (Å²) in [6, 6.07) is 0. The second-order valence-electron chi connectivity index (χ2n) is 5.84. The molecule has 0 aromatic carbocycles. The maximum absolute atomic E-state index is 11.5. The third-order valence-corrected chi connectivity index (χ3v) is 3.70. The molecule has 0 aromatic heterocycles. The number of esters is 2. The Hall–Kier alpha value is -0.0600. The summed E-state index contributed by atoms with van der Waals surface area (Å²) in [5.74, 6) is -2.23. The molecule has 0 bridgehead atoms. The molecule has 0 saturated heterocycles. The van der Waals surface area contributed by atoms with E-state index in [1.807, 2.05) is 0 Å². The Labute approximate surface area is 170 Å². The number of rotatable bonds is 13. The fraction of sp³-hybridized carbons (Fsp3) is 0.875. The van der Waals surface area contributed by atoms with Crippen LogP contribution in [0.3, 0.4) is 0 Å². The van der Waals surface area contributed by atoms with Crippen LogP contribution in [-0.2, 0) is 14.3 Å². The minimum absolute atomic E-state index is 0. The van der Waals surface area contributed by atoms with Crippen LogP contribution in [0, 0.1) is 0 Å². The van der Waals surface area contributed by atoms with E-state index in [0.29, 0.717) is 6.42 Å². The monoisotopic (exact) mass is 374 g/mol. The van der Waals surface area contributed by atoms with Crippen molar-refractivity contribution in [3.05, 3.63) is 0 Å².